The van der Waals surface area contributed by atoms with Crippen molar-refractivity contribution in [1.82, 2.24) is 0 Å². The standard InChI is InChI=1S/C8H8O3S.C7H12O2/c9-12(10,11)7-6-8-4-2-1-3-5-8;1-3-4-5-6(2)7(8)9/h1-7H,(H,9,10,11);2-5H2,1H3,(H,8,9). The highest BCUT2D eigenvalue weighted by Gasteiger charge is 2.00. The van der Waals surface area contributed by atoms with Gasteiger partial charge in [-0.2, -0.15) is 8.42 Å². The van der Waals surface area contributed by atoms with Gasteiger partial charge in [0.25, 0.3) is 10.1 Å². The molecule has 0 aliphatic heterocycles. The van der Waals surface area contributed by atoms with Crippen molar-refractivity contribution >= 4 is 22.2 Å². The summed E-state index contributed by atoms with van der Waals surface area (Å²) >= 11 is 0. The van der Waals surface area contributed by atoms with Gasteiger partial charge in [0, 0.05) is 5.57 Å². The molecule has 2 N–H and O–H groups in total. The molecule has 0 saturated heterocycles. The predicted octanol–water partition coefficient (Wildman–Crippen LogP) is 3.36. The average molecular weight is 312 g/mol. The van der Waals surface area contributed by atoms with Gasteiger partial charge in [-0.1, -0.05) is 50.3 Å². The van der Waals surface area contributed by atoms with Crippen LogP contribution in [0.2, 0.25) is 0 Å². The third-order valence-corrected chi connectivity index (χ3v) is 2.85. The lowest BCUT2D eigenvalue weighted by molar-refractivity contribution is -0.132. The Balaban J connectivity index is 0.000000400. The Labute approximate surface area is 125 Å². The van der Waals surface area contributed by atoms with E-state index in [0.717, 1.165) is 23.8 Å². The van der Waals surface area contributed by atoms with E-state index in [-0.39, 0.29) is 0 Å². The van der Waals surface area contributed by atoms with E-state index in [0.29, 0.717) is 12.0 Å². The fraction of sp³-hybridized carbons (Fsp3) is 0.267. The van der Waals surface area contributed by atoms with Crippen molar-refractivity contribution < 1.29 is 22.9 Å². The van der Waals surface area contributed by atoms with Crippen molar-refractivity contribution in [2.24, 2.45) is 0 Å². The summed E-state index contributed by atoms with van der Waals surface area (Å²) in [4.78, 5) is 10.1. The van der Waals surface area contributed by atoms with Gasteiger partial charge >= 0.3 is 5.97 Å². The van der Waals surface area contributed by atoms with Crippen molar-refractivity contribution in [3.63, 3.8) is 0 Å². The zero-order valence-corrected chi connectivity index (χ0v) is 12.7. The van der Waals surface area contributed by atoms with Gasteiger partial charge in [0.15, 0.2) is 0 Å². The summed E-state index contributed by atoms with van der Waals surface area (Å²) in [6.45, 7) is 5.42. The van der Waals surface area contributed by atoms with Gasteiger partial charge < -0.3 is 5.11 Å². The quantitative estimate of drug-likeness (QED) is 0.620. The molecule has 1 aromatic rings. The Bertz CT molecular complexity index is 573. The van der Waals surface area contributed by atoms with E-state index in [1.54, 1.807) is 24.3 Å². The fourth-order valence-electron chi connectivity index (χ4n) is 1.23. The van der Waals surface area contributed by atoms with Gasteiger partial charge in [-0.25, -0.2) is 4.79 Å². The summed E-state index contributed by atoms with van der Waals surface area (Å²) in [5.41, 5.74) is 1.05. The number of carboxylic acids is 1. The monoisotopic (exact) mass is 312 g/mol. The van der Waals surface area contributed by atoms with E-state index in [1.165, 1.54) is 6.08 Å². The zero-order chi connectivity index (χ0) is 16.3. The van der Waals surface area contributed by atoms with Crippen LogP contribution in [0.5, 0.6) is 0 Å². The smallest absolute Gasteiger partial charge is 0.330 e. The van der Waals surface area contributed by atoms with Gasteiger partial charge in [-0.3, -0.25) is 4.55 Å². The molecule has 0 radical (unpaired) electrons. The summed E-state index contributed by atoms with van der Waals surface area (Å²) in [6, 6.07) is 8.86. The highest BCUT2D eigenvalue weighted by atomic mass is 32.2. The third-order valence-electron chi connectivity index (χ3n) is 2.37. The maximum atomic E-state index is 10.3. The maximum Gasteiger partial charge on any atom is 0.330 e. The molecule has 0 unspecified atom stereocenters. The average Bonchev–Trinajstić information content (AvgIpc) is 2.43. The second-order valence-corrected chi connectivity index (χ2v) is 5.54. The van der Waals surface area contributed by atoms with Crippen LogP contribution in [-0.2, 0) is 14.9 Å². The van der Waals surface area contributed by atoms with E-state index in [9.17, 15) is 13.2 Å². The number of carbonyl (C=O) groups is 1. The van der Waals surface area contributed by atoms with E-state index in [1.807, 2.05) is 13.0 Å². The van der Waals surface area contributed by atoms with E-state index < -0.39 is 16.1 Å². The van der Waals surface area contributed by atoms with Gasteiger partial charge in [0.2, 0.25) is 0 Å². The first-order valence-electron chi connectivity index (χ1n) is 6.38. The normalized spacial score (nSPS) is 10.8. The maximum absolute atomic E-state index is 10.3. The minimum absolute atomic E-state index is 0.317. The Morgan fingerprint density at radius 1 is 1.29 bits per heavy atom. The lowest BCUT2D eigenvalue weighted by Gasteiger charge is -1.95. The topological polar surface area (TPSA) is 91.7 Å². The van der Waals surface area contributed by atoms with Crippen LogP contribution in [0.15, 0.2) is 47.9 Å². The second-order valence-electron chi connectivity index (χ2n) is 4.24. The van der Waals surface area contributed by atoms with E-state index in [2.05, 4.69) is 6.58 Å². The highest BCUT2D eigenvalue weighted by Crippen LogP contribution is 2.03. The lowest BCUT2D eigenvalue weighted by atomic mass is 10.1. The van der Waals surface area contributed by atoms with Crippen LogP contribution in [0.3, 0.4) is 0 Å². The Hall–Kier alpha value is -1.92. The molecule has 6 heteroatoms. The van der Waals surface area contributed by atoms with Crippen LogP contribution in [0.25, 0.3) is 6.08 Å². The minimum atomic E-state index is -4.00. The first kappa shape index (κ1) is 19.1. The molecule has 0 saturated carbocycles. The van der Waals surface area contributed by atoms with Crippen LogP contribution < -0.4 is 0 Å². The number of unbranched alkanes of at least 4 members (excludes halogenated alkanes) is 1. The summed E-state index contributed by atoms with van der Waals surface area (Å²) in [5, 5.41) is 9.06. The van der Waals surface area contributed by atoms with E-state index >= 15 is 0 Å². The Morgan fingerprint density at radius 2 is 1.86 bits per heavy atom. The molecule has 1 rings (SSSR count). The minimum Gasteiger partial charge on any atom is -0.478 e. The van der Waals surface area contributed by atoms with Gasteiger partial charge in [-0.15, -0.1) is 0 Å². The fourth-order valence-corrected chi connectivity index (χ4v) is 1.55. The molecule has 116 valence electrons. The molecular formula is C15H20O5S. The molecule has 0 heterocycles. The molecule has 1 aromatic carbocycles. The number of rotatable bonds is 6. The molecule has 5 nitrogen and oxygen atoms in total. The largest absolute Gasteiger partial charge is 0.478 e. The van der Waals surface area contributed by atoms with Crippen molar-refractivity contribution in [2.75, 3.05) is 0 Å². The molecule has 0 bridgehead atoms. The van der Waals surface area contributed by atoms with Crippen LogP contribution in [0.4, 0.5) is 0 Å². The second kappa shape index (κ2) is 9.90. The first-order valence-corrected chi connectivity index (χ1v) is 7.88. The zero-order valence-electron chi connectivity index (χ0n) is 11.9. The summed E-state index contributed by atoms with van der Waals surface area (Å²) < 4.78 is 28.9. The molecule has 0 spiro atoms. The lowest BCUT2D eigenvalue weighted by Crippen LogP contribution is -1.97. The van der Waals surface area contributed by atoms with Crippen LogP contribution in [0, 0.1) is 0 Å². The summed E-state index contributed by atoms with van der Waals surface area (Å²) in [5.74, 6) is -0.872. The molecule has 0 amide bonds. The number of hydrogen-bond acceptors (Lipinski definition) is 3. The molecule has 0 fully saturated rings. The molecule has 0 aliphatic rings. The van der Waals surface area contributed by atoms with E-state index in [4.69, 9.17) is 9.66 Å². The van der Waals surface area contributed by atoms with Gasteiger partial charge in [-0.05, 0) is 24.5 Å². The van der Waals surface area contributed by atoms with Crippen LogP contribution in [0.1, 0.15) is 31.7 Å². The van der Waals surface area contributed by atoms with Crippen LogP contribution >= 0.6 is 0 Å². The van der Waals surface area contributed by atoms with Crippen LogP contribution in [-0.4, -0.2) is 24.0 Å². The SMILES string of the molecule is C=C(CCCC)C(=O)O.O=S(=O)(O)C=Cc1ccccc1. The molecule has 0 atom stereocenters. The van der Waals surface area contributed by atoms with Crippen molar-refractivity contribution in [2.45, 2.75) is 26.2 Å². The Morgan fingerprint density at radius 3 is 2.29 bits per heavy atom. The number of carboxylic acid groups (broad SMARTS) is 1. The first-order chi connectivity index (χ1) is 9.76. The predicted molar refractivity (Wildman–Crippen MR) is 83.3 cm³/mol. The van der Waals surface area contributed by atoms with Crippen molar-refractivity contribution in [3.8, 4) is 0 Å². The van der Waals surface area contributed by atoms with Gasteiger partial charge in [0.05, 0.1) is 5.41 Å². The molecular weight excluding hydrogens is 292 g/mol. The summed E-state index contributed by atoms with van der Waals surface area (Å²) in [6.07, 6.45) is 3.89. The number of aliphatic carboxylic acids is 1. The molecule has 0 aliphatic carbocycles. The number of hydrogen-bond donors (Lipinski definition) is 2. The van der Waals surface area contributed by atoms with Crippen molar-refractivity contribution in [1.29, 1.82) is 0 Å². The highest BCUT2D eigenvalue weighted by molar-refractivity contribution is 7.88. The molecule has 21 heavy (non-hydrogen) atoms. The van der Waals surface area contributed by atoms with Gasteiger partial charge in [0.1, 0.15) is 0 Å². The van der Waals surface area contributed by atoms with Crippen molar-refractivity contribution in [3.05, 3.63) is 53.5 Å². The number of benzene rings is 1. The summed E-state index contributed by atoms with van der Waals surface area (Å²) in [7, 11) is -4.00. The Kier molecular flexibility index (Phi) is 9.00. The molecule has 0 aromatic heterocycles. The third kappa shape index (κ3) is 11.6.